The van der Waals surface area contributed by atoms with Gasteiger partial charge in [-0.25, -0.2) is 9.78 Å². The highest BCUT2D eigenvalue weighted by Gasteiger charge is 2.30. The zero-order chi connectivity index (χ0) is 23.7. The number of methoxy groups -OCH3 is 1. The highest BCUT2D eigenvalue weighted by atomic mass is 16.5. The number of fused-ring (bicyclic) bond motifs is 1. The van der Waals surface area contributed by atoms with E-state index in [-0.39, 0.29) is 17.6 Å². The number of carbonyl (C=O) groups excluding carboxylic acids is 1. The van der Waals surface area contributed by atoms with Crippen molar-refractivity contribution in [3.05, 3.63) is 46.5 Å². The summed E-state index contributed by atoms with van der Waals surface area (Å²) in [6, 6.07) is 7.63. The van der Waals surface area contributed by atoms with Crippen molar-refractivity contribution in [3.8, 4) is 5.75 Å². The largest absolute Gasteiger partial charge is 0.497 e. The van der Waals surface area contributed by atoms with Crippen molar-refractivity contribution in [2.45, 2.75) is 19.0 Å². The van der Waals surface area contributed by atoms with Gasteiger partial charge < -0.3 is 14.5 Å². The van der Waals surface area contributed by atoms with Crippen LogP contribution in [-0.4, -0.2) is 89.7 Å². The van der Waals surface area contributed by atoms with Gasteiger partial charge in [-0.1, -0.05) is 12.1 Å². The third-order valence-corrected chi connectivity index (χ3v) is 6.06. The molecule has 1 unspecified atom stereocenters. The number of nitrogens with zero attached hydrogens (tertiary/aromatic N) is 7. The minimum atomic E-state index is -0.114. The fraction of sp³-hybridized carbons (Fsp3) is 0.478. The first-order valence-electron chi connectivity index (χ1n) is 11.0. The normalized spacial score (nSPS) is 16.3. The molecule has 0 spiro atoms. The van der Waals surface area contributed by atoms with E-state index < -0.39 is 0 Å². The van der Waals surface area contributed by atoms with E-state index in [0.717, 1.165) is 24.3 Å². The fourth-order valence-corrected chi connectivity index (χ4v) is 4.17. The molecule has 1 fully saturated rings. The Morgan fingerprint density at radius 2 is 1.91 bits per heavy atom. The van der Waals surface area contributed by atoms with E-state index in [2.05, 4.69) is 9.88 Å². The van der Waals surface area contributed by atoms with Crippen LogP contribution < -0.4 is 15.3 Å². The Kier molecular flexibility index (Phi) is 6.37. The summed E-state index contributed by atoms with van der Waals surface area (Å²) in [6.07, 6.45) is 2.52. The number of hydrogen-bond acceptors (Lipinski definition) is 7. The highest BCUT2D eigenvalue weighted by molar-refractivity contribution is 5.77. The Hall–Kier alpha value is -3.40. The molecular weight excluding hydrogens is 422 g/mol. The van der Waals surface area contributed by atoms with E-state index in [1.807, 2.05) is 43.3 Å². The Labute approximate surface area is 193 Å². The average molecular weight is 454 g/mol. The predicted molar refractivity (Wildman–Crippen MR) is 127 cm³/mol. The van der Waals surface area contributed by atoms with Crippen LogP contribution >= 0.6 is 0 Å². The second kappa shape index (κ2) is 9.22. The number of carbonyl (C=O) groups is 1. The van der Waals surface area contributed by atoms with Gasteiger partial charge in [-0.05, 0) is 24.1 Å². The lowest BCUT2D eigenvalue weighted by Crippen LogP contribution is -2.36. The van der Waals surface area contributed by atoms with E-state index in [9.17, 15) is 9.59 Å². The number of rotatable bonds is 7. The number of benzene rings is 1. The molecule has 3 heterocycles. The number of anilines is 1. The molecule has 3 aromatic rings. The molecule has 1 saturated heterocycles. The number of aromatic nitrogens is 4. The minimum Gasteiger partial charge on any atom is -0.497 e. The van der Waals surface area contributed by atoms with Crippen molar-refractivity contribution < 1.29 is 9.53 Å². The zero-order valence-electron chi connectivity index (χ0n) is 19.9. The maximum Gasteiger partial charge on any atom is 0.330 e. The van der Waals surface area contributed by atoms with Gasteiger partial charge in [0.2, 0.25) is 11.9 Å². The zero-order valence-corrected chi connectivity index (χ0v) is 19.9. The molecule has 1 atom stereocenters. The lowest BCUT2D eigenvalue weighted by Gasteiger charge is -2.18. The van der Waals surface area contributed by atoms with Crippen molar-refractivity contribution in [1.82, 2.24) is 28.9 Å². The summed E-state index contributed by atoms with van der Waals surface area (Å²) in [7, 11) is 8.89. The summed E-state index contributed by atoms with van der Waals surface area (Å²) in [4.78, 5) is 40.5. The molecule has 10 heteroatoms. The summed E-state index contributed by atoms with van der Waals surface area (Å²) in [5.74, 6) is 1.38. The smallest absolute Gasteiger partial charge is 0.330 e. The molecular formula is C23H31N7O3. The van der Waals surface area contributed by atoms with Crippen LogP contribution in [0.15, 0.2) is 35.3 Å². The van der Waals surface area contributed by atoms with E-state index >= 15 is 0 Å². The lowest BCUT2D eigenvalue weighted by molar-refractivity contribution is -0.129. The lowest BCUT2D eigenvalue weighted by atomic mass is 10.2. The van der Waals surface area contributed by atoms with Crippen LogP contribution in [0.25, 0.3) is 11.2 Å². The topological polar surface area (TPSA) is 88.7 Å². The fourth-order valence-electron chi connectivity index (χ4n) is 4.17. The van der Waals surface area contributed by atoms with Crippen LogP contribution in [0.2, 0.25) is 0 Å². The van der Waals surface area contributed by atoms with Crippen LogP contribution in [0.5, 0.6) is 5.75 Å². The maximum absolute atomic E-state index is 13.6. The molecule has 2 aromatic heterocycles. The monoisotopic (exact) mass is 453 g/mol. The molecule has 1 amide bonds. The number of ether oxygens (including phenoxy) is 1. The second-order valence-electron chi connectivity index (χ2n) is 8.83. The number of likely N-dealkylation sites (tertiary alicyclic amines) is 1. The first-order chi connectivity index (χ1) is 15.8. The van der Waals surface area contributed by atoms with Crippen LogP contribution in [-0.2, 0) is 11.3 Å². The summed E-state index contributed by atoms with van der Waals surface area (Å²) >= 11 is 0. The van der Waals surface area contributed by atoms with Crippen molar-refractivity contribution in [1.29, 1.82) is 0 Å². The maximum atomic E-state index is 13.6. The molecule has 176 valence electrons. The van der Waals surface area contributed by atoms with Crippen molar-refractivity contribution in [3.63, 3.8) is 0 Å². The summed E-state index contributed by atoms with van der Waals surface area (Å²) in [6.45, 7) is 2.14. The number of imidazole rings is 1. The number of likely N-dealkylation sites (N-methyl/N-ethyl adjacent to an activating group) is 1. The number of amides is 1. The first kappa shape index (κ1) is 22.8. The third kappa shape index (κ3) is 4.56. The van der Waals surface area contributed by atoms with Crippen molar-refractivity contribution >= 4 is 23.0 Å². The molecule has 0 saturated carbocycles. The van der Waals surface area contributed by atoms with E-state index in [0.29, 0.717) is 36.7 Å². The van der Waals surface area contributed by atoms with Crippen molar-refractivity contribution in [2.75, 3.05) is 59.8 Å². The molecule has 10 nitrogen and oxygen atoms in total. The molecule has 0 aliphatic carbocycles. The summed E-state index contributed by atoms with van der Waals surface area (Å²) < 4.78 is 8.76. The third-order valence-electron chi connectivity index (χ3n) is 6.06. The summed E-state index contributed by atoms with van der Waals surface area (Å²) in [5.41, 5.74) is 2.19. The Morgan fingerprint density at radius 3 is 2.55 bits per heavy atom. The molecule has 1 aliphatic heterocycles. The van der Waals surface area contributed by atoms with Crippen LogP contribution in [0.1, 0.15) is 18.0 Å². The Bertz CT molecular complexity index is 1200. The van der Waals surface area contributed by atoms with Crippen LogP contribution in [0.4, 0.5) is 5.95 Å². The summed E-state index contributed by atoms with van der Waals surface area (Å²) in [5, 5.41) is 0. The van der Waals surface area contributed by atoms with Gasteiger partial charge in [-0.3, -0.25) is 18.8 Å². The van der Waals surface area contributed by atoms with Gasteiger partial charge in [0.1, 0.15) is 11.3 Å². The van der Waals surface area contributed by atoms with Gasteiger partial charge in [-0.15, -0.1) is 0 Å². The number of hydrogen-bond donors (Lipinski definition) is 0. The van der Waals surface area contributed by atoms with Crippen molar-refractivity contribution in [2.24, 2.45) is 0 Å². The van der Waals surface area contributed by atoms with Gasteiger partial charge in [0.05, 0.1) is 32.4 Å². The quantitative estimate of drug-likeness (QED) is 0.528. The van der Waals surface area contributed by atoms with Crippen LogP contribution in [0.3, 0.4) is 0 Å². The highest BCUT2D eigenvalue weighted by Crippen LogP contribution is 2.25. The van der Waals surface area contributed by atoms with Gasteiger partial charge in [-0.2, -0.15) is 4.98 Å². The SMILES string of the molecule is COc1ccc(Cn2c(=O)n(C3CCN(CC(=O)N(C)C)C3)c3cnc(N(C)C)nc32)cc1. The standard InChI is InChI=1S/C23H31N7O3/c1-26(2)20(31)15-28-11-10-17(14-28)30-19-12-24-22(27(3)4)25-21(19)29(23(30)32)13-16-6-8-18(33-5)9-7-16/h6-9,12,17H,10-11,13-15H2,1-5H3. The molecule has 1 aliphatic rings. The van der Waals surface area contributed by atoms with Gasteiger partial charge >= 0.3 is 5.69 Å². The minimum absolute atomic E-state index is 0.0408. The van der Waals surface area contributed by atoms with Gasteiger partial charge in [0.25, 0.3) is 0 Å². The van der Waals surface area contributed by atoms with E-state index in [1.165, 1.54) is 0 Å². The molecule has 0 bridgehead atoms. The predicted octanol–water partition coefficient (Wildman–Crippen LogP) is 1.05. The first-order valence-corrected chi connectivity index (χ1v) is 11.0. The van der Waals surface area contributed by atoms with Gasteiger partial charge in [0, 0.05) is 41.3 Å². The van der Waals surface area contributed by atoms with E-state index in [1.54, 1.807) is 41.4 Å². The van der Waals surface area contributed by atoms with Gasteiger partial charge in [0.15, 0.2) is 5.65 Å². The molecule has 1 aromatic carbocycles. The Balaban J connectivity index is 1.72. The molecule has 0 N–H and O–H groups in total. The molecule has 33 heavy (non-hydrogen) atoms. The molecule has 0 radical (unpaired) electrons. The average Bonchev–Trinajstić information content (AvgIpc) is 3.35. The second-order valence-corrected chi connectivity index (χ2v) is 8.83. The Morgan fingerprint density at radius 1 is 1.18 bits per heavy atom. The molecule has 4 rings (SSSR count). The van der Waals surface area contributed by atoms with Crippen LogP contribution in [0, 0.1) is 0 Å². The van der Waals surface area contributed by atoms with E-state index in [4.69, 9.17) is 9.72 Å².